The predicted molar refractivity (Wildman–Crippen MR) is 125 cm³/mol. The molecule has 0 aliphatic carbocycles. The number of hydrogen-bond acceptors (Lipinski definition) is 3. The van der Waals surface area contributed by atoms with Gasteiger partial charge in [-0.15, -0.1) is 0 Å². The molecular weight excluding hydrogens is 530 g/mol. The molecule has 3 aromatic carbocycles. The van der Waals surface area contributed by atoms with Gasteiger partial charge in [-0.25, -0.2) is 12.8 Å². The van der Waals surface area contributed by atoms with Crippen molar-refractivity contribution >= 4 is 66.4 Å². The third-order valence-electron chi connectivity index (χ3n) is 4.24. The third-order valence-corrected chi connectivity index (χ3v) is 6.95. The van der Waals surface area contributed by atoms with Gasteiger partial charge >= 0.3 is 0 Å². The molecule has 3 aromatic rings. The number of amides is 1. The van der Waals surface area contributed by atoms with E-state index in [4.69, 9.17) is 23.2 Å². The minimum Gasteiger partial charge on any atom is -0.322 e. The Balaban J connectivity index is 1.99. The number of benzene rings is 3. The van der Waals surface area contributed by atoms with Crippen molar-refractivity contribution in [2.45, 2.75) is 11.8 Å². The van der Waals surface area contributed by atoms with Crippen LogP contribution in [0.3, 0.4) is 0 Å². The van der Waals surface area contributed by atoms with Crippen LogP contribution < -0.4 is 9.62 Å². The molecule has 0 atom stereocenters. The zero-order valence-corrected chi connectivity index (χ0v) is 20.0. The Hall–Kier alpha value is -2.13. The van der Waals surface area contributed by atoms with Gasteiger partial charge in [-0.2, -0.15) is 0 Å². The maximum Gasteiger partial charge on any atom is 0.264 e. The number of rotatable bonds is 6. The molecule has 162 valence electrons. The second-order valence-electron chi connectivity index (χ2n) is 6.62. The number of nitrogens with zero attached hydrogens (tertiary/aromatic N) is 1. The number of carbonyl (C=O) groups excluding carboxylic acids is 1. The van der Waals surface area contributed by atoms with Crippen LogP contribution in [0.1, 0.15) is 5.56 Å². The van der Waals surface area contributed by atoms with E-state index in [1.54, 1.807) is 18.2 Å². The number of sulfonamides is 1. The monoisotopic (exact) mass is 544 g/mol. The Morgan fingerprint density at radius 1 is 1.03 bits per heavy atom. The molecule has 3 rings (SSSR count). The fourth-order valence-electron chi connectivity index (χ4n) is 2.75. The maximum atomic E-state index is 14.1. The molecule has 0 aromatic heterocycles. The highest BCUT2D eigenvalue weighted by molar-refractivity contribution is 9.10. The molecule has 5 nitrogen and oxygen atoms in total. The summed E-state index contributed by atoms with van der Waals surface area (Å²) in [6.07, 6.45) is 0. The van der Waals surface area contributed by atoms with Crippen molar-refractivity contribution in [2.24, 2.45) is 0 Å². The highest BCUT2D eigenvalue weighted by atomic mass is 79.9. The van der Waals surface area contributed by atoms with Crippen LogP contribution >= 0.6 is 39.1 Å². The number of aryl methyl sites for hydroxylation is 1. The number of nitrogens with one attached hydrogen (secondary N) is 1. The van der Waals surface area contributed by atoms with Gasteiger partial charge in [-0.3, -0.25) is 9.10 Å². The van der Waals surface area contributed by atoms with Crippen LogP contribution in [-0.2, 0) is 14.8 Å². The fraction of sp³-hybridized carbons (Fsp3) is 0.0952. The lowest BCUT2D eigenvalue weighted by atomic mass is 10.2. The molecule has 0 radical (unpaired) electrons. The van der Waals surface area contributed by atoms with Crippen molar-refractivity contribution in [1.29, 1.82) is 0 Å². The molecule has 0 saturated heterocycles. The summed E-state index contributed by atoms with van der Waals surface area (Å²) in [4.78, 5) is 12.7. The van der Waals surface area contributed by atoms with Crippen molar-refractivity contribution < 1.29 is 17.6 Å². The quantitative estimate of drug-likeness (QED) is 0.411. The molecule has 0 bridgehead atoms. The molecule has 1 amide bonds. The van der Waals surface area contributed by atoms with Crippen LogP contribution in [0.5, 0.6) is 0 Å². The first-order valence-corrected chi connectivity index (χ1v) is 11.9. The minimum atomic E-state index is -4.15. The van der Waals surface area contributed by atoms with E-state index < -0.39 is 28.3 Å². The summed E-state index contributed by atoms with van der Waals surface area (Å²) >= 11 is 15.2. The SMILES string of the molecule is Cc1ccc(S(=O)(=O)N(CC(=O)Nc2ccc(Br)cc2F)c2cc(Cl)cc(Cl)c2)cc1. The fourth-order valence-corrected chi connectivity index (χ4v) is 5.00. The average Bonchev–Trinajstić information content (AvgIpc) is 2.68. The molecule has 31 heavy (non-hydrogen) atoms. The third kappa shape index (κ3) is 5.77. The average molecular weight is 546 g/mol. The topological polar surface area (TPSA) is 66.5 Å². The Bertz CT molecular complexity index is 1220. The van der Waals surface area contributed by atoms with Gasteiger partial charge in [0.1, 0.15) is 12.4 Å². The Kier molecular flexibility index (Phi) is 7.26. The Morgan fingerprint density at radius 3 is 2.23 bits per heavy atom. The first kappa shape index (κ1) is 23.5. The highest BCUT2D eigenvalue weighted by Crippen LogP contribution is 2.30. The highest BCUT2D eigenvalue weighted by Gasteiger charge is 2.28. The Morgan fingerprint density at radius 2 is 1.65 bits per heavy atom. The first-order valence-electron chi connectivity index (χ1n) is 8.86. The second-order valence-corrected chi connectivity index (χ2v) is 10.3. The lowest BCUT2D eigenvalue weighted by Crippen LogP contribution is -2.38. The van der Waals surface area contributed by atoms with Crippen molar-refractivity contribution in [3.63, 3.8) is 0 Å². The summed E-state index contributed by atoms with van der Waals surface area (Å²) in [5.41, 5.74) is 0.897. The normalized spacial score (nSPS) is 11.3. The van der Waals surface area contributed by atoms with Crippen molar-refractivity contribution in [1.82, 2.24) is 0 Å². The maximum absolute atomic E-state index is 14.1. The van der Waals surface area contributed by atoms with Crippen LogP contribution in [0.25, 0.3) is 0 Å². The molecule has 0 fully saturated rings. The summed E-state index contributed by atoms with van der Waals surface area (Å²) in [7, 11) is -4.15. The van der Waals surface area contributed by atoms with Crippen LogP contribution in [0.4, 0.5) is 15.8 Å². The van der Waals surface area contributed by atoms with Crippen LogP contribution in [0.2, 0.25) is 10.0 Å². The van der Waals surface area contributed by atoms with Crippen LogP contribution in [0, 0.1) is 12.7 Å². The summed E-state index contributed by atoms with van der Waals surface area (Å²) in [6.45, 7) is 1.20. The van der Waals surface area contributed by atoms with Gasteiger partial charge in [0, 0.05) is 14.5 Å². The second kappa shape index (κ2) is 9.56. The van der Waals surface area contributed by atoms with Gasteiger partial charge in [0.2, 0.25) is 5.91 Å². The molecule has 0 spiro atoms. The number of halogens is 4. The number of anilines is 2. The smallest absolute Gasteiger partial charge is 0.264 e. The van der Waals surface area contributed by atoms with Crippen molar-refractivity contribution in [2.75, 3.05) is 16.2 Å². The summed E-state index contributed by atoms with van der Waals surface area (Å²) in [5.74, 6) is -1.41. The lowest BCUT2D eigenvalue weighted by Gasteiger charge is -2.24. The standard InChI is InChI=1S/C21H16BrCl2FN2O3S/c1-13-2-5-18(6-3-13)31(29,30)27(17-10-15(23)9-16(24)11-17)12-21(28)26-20-7-4-14(22)8-19(20)25/h2-11H,12H2,1H3,(H,26,28). The number of carbonyl (C=O) groups is 1. The predicted octanol–water partition coefficient (Wildman–Crippen LogP) is 6.04. The van der Waals surface area contributed by atoms with Crippen LogP contribution in [-0.4, -0.2) is 20.9 Å². The number of hydrogen-bond donors (Lipinski definition) is 1. The molecule has 0 aliphatic heterocycles. The van der Waals surface area contributed by atoms with Crippen LogP contribution in [0.15, 0.2) is 70.0 Å². The van der Waals surface area contributed by atoms with Gasteiger partial charge in [0.05, 0.1) is 16.3 Å². The molecule has 0 heterocycles. The van der Waals surface area contributed by atoms with Crippen molar-refractivity contribution in [3.05, 3.63) is 86.6 Å². The molecule has 0 saturated carbocycles. The molecule has 0 unspecified atom stereocenters. The Labute approximate surface area is 198 Å². The van der Waals surface area contributed by atoms with Gasteiger partial charge in [-0.05, 0) is 55.5 Å². The molecule has 0 aliphatic rings. The molecule has 1 N–H and O–H groups in total. The summed E-state index contributed by atoms with van der Waals surface area (Å²) in [6, 6.07) is 14.5. The van der Waals surface area contributed by atoms with Gasteiger partial charge in [-0.1, -0.05) is 56.8 Å². The zero-order chi connectivity index (χ0) is 22.8. The van der Waals surface area contributed by atoms with Gasteiger partial charge < -0.3 is 5.32 Å². The zero-order valence-electron chi connectivity index (χ0n) is 16.1. The van der Waals surface area contributed by atoms with E-state index in [1.165, 1.54) is 42.5 Å². The largest absolute Gasteiger partial charge is 0.322 e. The van der Waals surface area contributed by atoms with E-state index >= 15 is 0 Å². The van der Waals surface area contributed by atoms with E-state index in [1.807, 2.05) is 6.92 Å². The minimum absolute atomic E-state index is 0.0168. The first-order chi connectivity index (χ1) is 14.6. The van der Waals surface area contributed by atoms with E-state index in [2.05, 4.69) is 21.2 Å². The van der Waals surface area contributed by atoms with E-state index in [0.717, 1.165) is 9.87 Å². The van der Waals surface area contributed by atoms with Gasteiger partial charge in [0.25, 0.3) is 10.0 Å². The molecule has 10 heteroatoms. The van der Waals surface area contributed by atoms with Crippen molar-refractivity contribution in [3.8, 4) is 0 Å². The molecular formula is C21H16BrCl2FN2O3S. The van der Waals surface area contributed by atoms with E-state index in [-0.39, 0.29) is 26.3 Å². The van der Waals surface area contributed by atoms with E-state index in [0.29, 0.717) is 4.47 Å². The summed E-state index contributed by atoms with van der Waals surface area (Å²) < 4.78 is 42.2. The van der Waals surface area contributed by atoms with E-state index in [9.17, 15) is 17.6 Å². The summed E-state index contributed by atoms with van der Waals surface area (Å²) in [5, 5.41) is 2.79. The van der Waals surface area contributed by atoms with Gasteiger partial charge in [0.15, 0.2) is 0 Å². The lowest BCUT2D eigenvalue weighted by molar-refractivity contribution is -0.114.